The summed E-state index contributed by atoms with van der Waals surface area (Å²) in [4.78, 5) is 2.39. The van der Waals surface area contributed by atoms with Crippen LogP contribution in [0.4, 0.5) is 5.69 Å². The molecular formula is C15H21N3. The first-order valence-corrected chi connectivity index (χ1v) is 6.51. The van der Waals surface area contributed by atoms with Crippen LogP contribution >= 0.6 is 0 Å². The number of nitrogens with zero attached hydrogens (tertiary/aromatic N) is 2. The van der Waals surface area contributed by atoms with Crippen molar-refractivity contribution in [1.29, 1.82) is 5.26 Å². The van der Waals surface area contributed by atoms with E-state index in [0.29, 0.717) is 6.42 Å². The summed E-state index contributed by atoms with van der Waals surface area (Å²) in [5.41, 5.74) is 1.47. The van der Waals surface area contributed by atoms with Crippen LogP contribution in [0.25, 0.3) is 0 Å². The molecule has 0 spiro atoms. The van der Waals surface area contributed by atoms with Crippen LogP contribution in [0, 0.1) is 16.7 Å². The molecule has 0 radical (unpaired) electrons. The summed E-state index contributed by atoms with van der Waals surface area (Å²) in [6.45, 7) is 7.42. The standard InChI is InChI=1S/C15H21N3/c1-15(2)11-17-13(8-9-16)10-18(12-15)14-6-4-3-5-7-14/h3-7,13,17H,8,10-12H2,1-2H3. The third-order valence-corrected chi connectivity index (χ3v) is 3.39. The lowest BCUT2D eigenvalue weighted by Gasteiger charge is -2.31. The normalized spacial score (nSPS) is 23.2. The average Bonchev–Trinajstić information content (AvgIpc) is 2.50. The molecule has 18 heavy (non-hydrogen) atoms. The molecule has 1 saturated heterocycles. The van der Waals surface area contributed by atoms with Gasteiger partial charge in [0.25, 0.3) is 0 Å². The van der Waals surface area contributed by atoms with Gasteiger partial charge >= 0.3 is 0 Å². The molecule has 1 aromatic carbocycles. The van der Waals surface area contributed by atoms with Gasteiger partial charge in [0.2, 0.25) is 0 Å². The second-order valence-corrected chi connectivity index (χ2v) is 5.82. The lowest BCUT2D eigenvalue weighted by atomic mass is 9.93. The molecule has 3 nitrogen and oxygen atoms in total. The van der Waals surface area contributed by atoms with E-state index in [2.05, 4.69) is 54.4 Å². The van der Waals surface area contributed by atoms with Crippen molar-refractivity contribution < 1.29 is 0 Å². The lowest BCUT2D eigenvalue weighted by Crippen LogP contribution is -2.37. The zero-order valence-electron chi connectivity index (χ0n) is 11.2. The monoisotopic (exact) mass is 243 g/mol. The number of anilines is 1. The van der Waals surface area contributed by atoms with E-state index in [1.165, 1.54) is 5.69 Å². The Morgan fingerprint density at radius 3 is 2.78 bits per heavy atom. The quantitative estimate of drug-likeness (QED) is 0.867. The molecule has 1 unspecified atom stereocenters. The Labute approximate surface area is 109 Å². The van der Waals surface area contributed by atoms with E-state index in [-0.39, 0.29) is 11.5 Å². The number of nitrogens with one attached hydrogen (secondary N) is 1. The van der Waals surface area contributed by atoms with Gasteiger partial charge in [-0.1, -0.05) is 32.0 Å². The van der Waals surface area contributed by atoms with Crippen molar-refractivity contribution in [2.45, 2.75) is 26.3 Å². The molecule has 0 amide bonds. The SMILES string of the molecule is CC1(C)CNC(CC#N)CN(c2ccccc2)C1. The van der Waals surface area contributed by atoms with Crippen LogP contribution in [-0.4, -0.2) is 25.7 Å². The molecule has 1 heterocycles. The molecule has 2 rings (SSSR count). The van der Waals surface area contributed by atoms with Gasteiger partial charge in [0.15, 0.2) is 0 Å². The molecule has 1 atom stereocenters. The van der Waals surface area contributed by atoms with Crippen LogP contribution in [0.15, 0.2) is 30.3 Å². The molecule has 1 aliphatic rings. The average molecular weight is 243 g/mol. The Morgan fingerprint density at radius 2 is 2.11 bits per heavy atom. The highest BCUT2D eigenvalue weighted by Gasteiger charge is 2.28. The third kappa shape index (κ3) is 3.24. The molecule has 0 bridgehead atoms. The van der Waals surface area contributed by atoms with Gasteiger partial charge in [0.05, 0.1) is 12.5 Å². The van der Waals surface area contributed by atoms with Gasteiger partial charge in [-0.05, 0) is 17.5 Å². The van der Waals surface area contributed by atoms with Crippen LogP contribution < -0.4 is 10.2 Å². The minimum absolute atomic E-state index is 0.222. The van der Waals surface area contributed by atoms with Gasteiger partial charge in [-0.3, -0.25) is 0 Å². The highest BCUT2D eigenvalue weighted by molar-refractivity contribution is 5.46. The summed E-state index contributed by atoms with van der Waals surface area (Å²) in [5.74, 6) is 0. The van der Waals surface area contributed by atoms with Crippen molar-refractivity contribution in [3.05, 3.63) is 30.3 Å². The Morgan fingerprint density at radius 1 is 1.39 bits per heavy atom. The van der Waals surface area contributed by atoms with Crippen molar-refractivity contribution in [2.75, 3.05) is 24.5 Å². The van der Waals surface area contributed by atoms with Crippen LogP contribution in [0.1, 0.15) is 20.3 Å². The van der Waals surface area contributed by atoms with Gasteiger partial charge in [0, 0.05) is 31.4 Å². The predicted molar refractivity (Wildman–Crippen MR) is 74.5 cm³/mol. The fraction of sp³-hybridized carbons (Fsp3) is 0.533. The maximum Gasteiger partial charge on any atom is 0.0638 e. The second-order valence-electron chi connectivity index (χ2n) is 5.82. The van der Waals surface area contributed by atoms with Gasteiger partial charge < -0.3 is 10.2 Å². The summed E-state index contributed by atoms with van der Waals surface area (Å²) in [5, 5.41) is 12.4. The number of nitriles is 1. The molecule has 1 N–H and O–H groups in total. The predicted octanol–water partition coefficient (Wildman–Crippen LogP) is 2.40. The van der Waals surface area contributed by atoms with Gasteiger partial charge in [-0.2, -0.15) is 5.26 Å². The Kier molecular flexibility index (Phi) is 3.88. The first-order chi connectivity index (χ1) is 8.61. The van der Waals surface area contributed by atoms with Crippen LogP contribution in [0.2, 0.25) is 0 Å². The molecule has 1 aromatic rings. The number of hydrogen-bond donors (Lipinski definition) is 1. The van der Waals surface area contributed by atoms with Crippen molar-refractivity contribution in [2.24, 2.45) is 5.41 Å². The number of rotatable bonds is 2. The van der Waals surface area contributed by atoms with Crippen molar-refractivity contribution in [1.82, 2.24) is 5.32 Å². The molecule has 1 aliphatic heterocycles. The van der Waals surface area contributed by atoms with Crippen LogP contribution in [-0.2, 0) is 0 Å². The van der Waals surface area contributed by atoms with E-state index in [0.717, 1.165) is 19.6 Å². The fourth-order valence-electron chi connectivity index (χ4n) is 2.47. The Bertz CT molecular complexity index is 419. The molecular weight excluding hydrogens is 222 g/mol. The zero-order valence-corrected chi connectivity index (χ0v) is 11.2. The minimum Gasteiger partial charge on any atom is -0.369 e. The van der Waals surface area contributed by atoms with E-state index in [4.69, 9.17) is 5.26 Å². The van der Waals surface area contributed by atoms with E-state index >= 15 is 0 Å². The highest BCUT2D eigenvalue weighted by Crippen LogP contribution is 2.24. The molecule has 0 aliphatic carbocycles. The van der Waals surface area contributed by atoms with Gasteiger partial charge in [-0.25, -0.2) is 0 Å². The van der Waals surface area contributed by atoms with E-state index < -0.39 is 0 Å². The van der Waals surface area contributed by atoms with Crippen molar-refractivity contribution in [3.8, 4) is 6.07 Å². The summed E-state index contributed by atoms with van der Waals surface area (Å²) in [7, 11) is 0. The maximum atomic E-state index is 8.89. The van der Waals surface area contributed by atoms with Crippen molar-refractivity contribution in [3.63, 3.8) is 0 Å². The molecule has 96 valence electrons. The second kappa shape index (κ2) is 5.41. The van der Waals surface area contributed by atoms with E-state index in [9.17, 15) is 0 Å². The number of para-hydroxylation sites is 1. The van der Waals surface area contributed by atoms with Gasteiger partial charge in [-0.15, -0.1) is 0 Å². The molecule has 0 saturated carbocycles. The summed E-state index contributed by atoms with van der Waals surface area (Å²) < 4.78 is 0. The minimum atomic E-state index is 0.222. The van der Waals surface area contributed by atoms with Crippen LogP contribution in [0.3, 0.4) is 0 Å². The molecule has 3 heteroatoms. The topological polar surface area (TPSA) is 39.1 Å². The van der Waals surface area contributed by atoms with E-state index in [1.54, 1.807) is 0 Å². The lowest BCUT2D eigenvalue weighted by molar-refractivity contribution is 0.360. The van der Waals surface area contributed by atoms with Crippen LogP contribution in [0.5, 0.6) is 0 Å². The first kappa shape index (κ1) is 12.9. The fourth-order valence-corrected chi connectivity index (χ4v) is 2.47. The maximum absolute atomic E-state index is 8.89. The number of benzene rings is 1. The summed E-state index contributed by atoms with van der Waals surface area (Å²) in [6.07, 6.45) is 0.569. The van der Waals surface area contributed by atoms with E-state index in [1.807, 2.05) is 6.07 Å². The number of hydrogen-bond acceptors (Lipinski definition) is 3. The molecule has 1 fully saturated rings. The van der Waals surface area contributed by atoms with Gasteiger partial charge in [0.1, 0.15) is 0 Å². The Hall–Kier alpha value is -1.53. The smallest absolute Gasteiger partial charge is 0.0638 e. The zero-order chi connectivity index (χ0) is 13.0. The summed E-state index contributed by atoms with van der Waals surface area (Å²) in [6, 6.07) is 13.0. The highest BCUT2D eigenvalue weighted by atomic mass is 15.2. The third-order valence-electron chi connectivity index (χ3n) is 3.39. The molecule has 0 aromatic heterocycles. The summed E-state index contributed by atoms with van der Waals surface area (Å²) >= 11 is 0. The van der Waals surface area contributed by atoms with Crippen molar-refractivity contribution >= 4 is 5.69 Å². The Balaban J connectivity index is 2.19. The first-order valence-electron chi connectivity index (χ1n) is 6.51. The largest absolute Gasteiger partial charge is 0.369 e.